The quantitative estimate of drug-likeness (QED) is 0.719. The molecule has 2 fully saturated rings. The van der Waals surface area contributed by atoms with Crippen molar-refractivity contribution >= 4 is 11.6 Å². The number of nitrogens with one attached hydrogen (secondary N) is 1. The standard InChI is InChI=1S/C22H28F2N4O/c1-15(17-4-6-20(24)7-5-17)3-8-21(25)16(2)26-22(29)28-13-18-11-27(10-9-23)12-19(18)14-28/h3-8,18-19H,2,9-14,25H2,1H3,(H,26,29)/b15-3+,21-8+. The van der Waals surface area contributed by atoms with Gasteiger partial charge in [0.05, 0.1) is 11.4 Å². The molecule has 2 unspecified atom stereocenters. The molecule has 2 aliphatic heterocycles. The molecule has 3 N–H and O–H groups in total. The van der Waals surface area contributed by atoms with E-state index in [4.69, 9.17) is 5.73 Å². The molecule has 29 heavy (non-hydrogen) atoms. The van der Waals surface area contributed by atoms with Crippen molar-refractivity contribution in [3.8, 4) is 0 Å². The first-order valence-corrected chi connectivity index (χ1v) is 9.81. The Balaban J connectivity index is 1.52. The summed E-state index contributed by atoms with van der Waals surface area (Å²) in [7, 11) is 0. The van der Waals surface area contributed by atoms with E-state index in [-0.39, 0.29) is 18.5 Å². The van der Waals surface area contributed by atoms with Crippen LogP contribution >= 0.6 is 0 Å². The number of nitrogens with two attached hydrogens (primary N) is 1. The van der Waals surface area contributed by atoms with E-state index in [1.165, 1.54) is 12.1 Å². The molecule has 1 aromatic carbocycles. The highest BCUT2D eigenvalue weighted by molar-refractivity contribution is 5.77. The maximum absolute atomic E-state index is 13.0. The minimum atomic E-state index is -0.329. The molecule has 0 aliphatic carbocycles. The zero-order valence-corrected chi connectivity index (χ0v) is 16.7. The Labute approximate surface area is 170 Å². The molecule has 2 aliphatic rings. The zero-order chi connectivity index (χ0) is 21.0. The number of alkyl halides is 1. The van der Waals surface area contributed by atoms with Gasteiger partial charge in [0.25, 0.3) is 0 Å². The van der Waals surface area contributed by atoms with Crippen LogP contribution in [0.1, 0.15) is 12.5 Å². The molecule has 156 valence electrons. The molecule has 2 atom stereocenters. The number of nitrogens with zero attached hydrogens (tertiary/aromatic N) is 2. The third-order valence-electron chi connectivity index (χ3n) is 5.67. The second kappa shape index (κ2) is 9.22. The van der Waals surface area contributed by atoms with Gasteiger partial charge in [0.15, 0.2) is 0 Å². The summed E-state index contributed by atoms with van der Waals surface area (Å²) in [4.78, 5) is 16.4. The maximum atomic E-state index is 13.0. The lowest BCUT2D eigenvalue weighted by Crippen LogP contribution is -2.40. The Kier molecular flexibility index (Phi) is 6.69. The van der Waals surface area contributed by atoms with Crippen LogP contribution in [0.4, 0.5) is 13.6 Å². The Morgan fingerprint density at radius 2 is 1.83 bits per heavy atom. The molecule has 2 saturated heterocycles. The normalized spacial score (nSPS) is 22.7. The summed E-state index contributed by atoms with van der Waals surface area (Å²) in [6.07, 6.45) is 3.48. The third-order valence-corrected chi connectivity index (χ3v) is 5.67. The highest BCUT2D eigenvalue weighted by Crippen LogP contribution is 2.30. The summed E-state index contributed by atoms with van der Waals surface area (Å²) in [5.41, 5.74) is 8.54. The first kappa shape index (κ1) is 21.0. The Morgan fingerprint density at radius 3 is 2.41 bits per heavy atom. The predicted molar refractivity (Wildman–Crippen MR) is 111 cm³/mol. The number of carbonyl (C=O) groups is 1. The van der Waals surface area contributed by atoms with E-state index in [2.05, 4.69) is 16.8 Å². The van der Waals surface area contributed by atoms with Crippen LogP contribution in [-0.4, -0.2) is 55.2 Å². The SMILES string of the molecule is C=C(NC(=O)N1CC2CN(CCF)CC2C1)/C(N)=C\C=C(/C)c1ccc(F)cc1. The van der Waals surface area contributed by atoms with Crippen LogP contribution in [0.15, 0.2) is 54.4 Å². The molecular weight excluding hydrogens is 374 g/mol. The smallest absolute Gasteiger partial charge is 0.321 e. The van der Waals surface area contributed by atoms with Crippen LogP contribution in [-0.2, 0) is 0 Å². The second-order valence-electron chi connectivity index (χ2n) is 7.76. The average Bonchev–Trinajstić information content (AvgIpc) is 3.25. The van der Waals surface area contributed by atoms with Gasteiger partial charge in [0, 0.05) is 32.7 Å². The molecule has 1 aromatic rings. The first-order valence-electron chi connectivity index (χ1n) is 9.81. The van der Waals surface area contributed by atoms with E-state index in [1.807, 2.05) is 6.92 Å². The summed E-state index contributed by atoms with van der Waals surface area (Å²) in [5.74, 6) is 0.512. The van der Waals surface area contributed by atoms with Crippen molar-refractivity contribution in [3.05, 3.63) is 65.8 Å². The van der Waals surface area contributed by atoms with Gasteiger partial charge in [-0.25, -0.2) is 13.6 Å². The number of halogens is 2. The van der Waals surface area contributed by atoms with Crippen molar-refractivity contribution in [1.82, 2.24) is 15.1 Å². The van der Waals surface area contributed by atoms with Crippen LogP contribution in [0.5, 0.6) is 0 Å². The predicted octanol–water partition coefficient (Wildman–Crippen LogP) is 3.13. The van der Waals surface area contributed by atoms with E-state index in [0.29, 0.717) is 42.9 Å². The van der Waals surface area contributed by atoms with Gasteiger partial charge < -0.3 is 20.9 Å². The number of carbonyl (C=O) groups excluding carboxylic acids is 1. The molecule has 0 spiro atoms. The molecule has 5 nitrogen and oxygen atoms in total. The maximum Gasteiger partial charge on any atom is 0.321 e. The molecule has 2 heterocycles. The largest absolute Gasteiger partial charge is 0.397 e. The number of likely N-dealkylation sites (tertiary alicyclic amines) is 2. The Bertz CT molecular complexity index is 805. The van der Waals surface area contributed by atoms with Crippen molar-refractivity contribution in [1.29, 1.82) is 0 Å². The van der Waals surface area contributed by atoms with Crippen LogP contribution in [0.25, 0.3) is 5.57 Å². The number of amides is 2. The van der Waals surface area contributed by atoms with Gasteiger partial charge in [0.2, 0.25) is 0 Å². The van der Waals surface area contributed by atoms with Crippen LogP contribution in [0.3, 0.4) is 0 Å². The molecule has 0 aromatic heterocycles. The van der Waals surface area contributed by atoms with Crippen molar-refractivity contribution in [2.75, 3.05) is 39.4 Å². The number of benzene rings is 1. The average molecular weight is 402 g/mol. The Morgan fingerprint density at radius 1 is 1.21 bits per heavy atom. The van der Waals surface area contributed by atoms with E-state index in [1.54, 1.807) is 29.2 Å². The second-order valence-corrected chi connectivity index (χ2v) is 7.76. The molecule has 3 rings (SSSR count). The molecule has 0 bridgehead atoms. The Hall–Kier alpha value is -2.67. The fourth-order valence-electron chi connectivity index (χ4n) is 3.96. The van der Waals surface area contributed by atoms with Gasteiger partial charge in [-0.15, -0.1) is 0 Å². The fraction of sp³-hybridized carbons (Fsp3) is 0.409. The van der Waals surface area contributed by atoms with Crippen molar-refractivity contribution in [3.63, 3.8) is 0 Å². The topological polar surface area (TPSA) is 61.6 Å². The van der Waals surface area contributed by atoms with Gasteiger partial charge in [0.1, 0.15) is 12.5 Å². The summed E-state index contributed by atoms with van der Waals surface area (Å²) in [6.45, 7) is 8.91. The summed E-state index contributed by atoms with van der Waals surface area (Å²) in [6, 6.07) is 5.99. The fourth-order valence-corrected chi connectivity index (χ4v) is 3.96. The minimum Gasteiger partial charge on any atom is -0.397 e. The van der Waals surface area contributed by atoms with Crippen molar-refractivity contribution in [2.45, 2.75) is 6.92 Å². The van der Waals surface area contributed by atoms with Crippen LogP contribution in [0, 0.1) is 17.7 Å². The highest BCUT2D eigenvalue weighted by Gasteiger charge is 2.41. The van der Waals surface area contributed by atoms with E-state index in [9.17, 15) is 13.6 Å². The lowest BCUT2D eigenvalue weighted by atomic mass is 10.0. The summed E-state index contributed by atoms with van der Waals surface area (Å²) < 4.78 is 25.5. The lowest BCUT2D eigenvalue weighted by molar-refractivity contribution is 0.201. The molecule has 2 amide bonds. The highest BCUT2D eigenvalue weighted by atomic mass is 19.1. The molecular formula is C22H28F2N4O. The van der Waals surface area contributed by atoms with E-state index < -0.39 is 0 Å². The number of rotatable bonds is 6. The van der Waals surface area contributed by atoms with Gasteiger partial charge in [-0.05, 0) is 48.1 Å². The number of allylic oxidation sites excluding steroid dienone is 3. The monoisotopic (exact) mass is 402 g/mol. The first-order chi connectivity index (χ1) is 13.9. The third kappa shape index (κ3) is 5.23. The number of fused-ring (bicyclic) bond motifs is 1. The van der Waals surface area contributed by atoms with E-state index >= 15 is 0 Å². The van der Waals surface area contributed by atoms with Crippen LogP contribution in [0.2, 0.25) is 0 Å². The molecule has 0 saturated carbocycles. The number of hydrogen-bond acceptors (Lipinski definition) is 3. The summed E-state index contributed by atoms with van der Waals surface area (Å²) >= 11 is 0. The number of hydrogen-bond donors (Lipinski definition) is 2. The minimum absolute atomic E-state index is 0.211. The zero-order valence-electron chi connectivity index (χ0n) is 16.7. The van der Waals surface area contributed by atoms with Gasteiger partial charge in [-0.1, -0.05) is 24.8 Å². The van der Waals surface area contributed by atoms with E-state index in [0.717, 1.165) is 24.2 Å². The molecule has 7 heteroatoms. The van der Waals surface area contributed by atoms with Crippen molar-refractivity contribution in [2.24, 2.45) is 17.6 Å². The number of urea groups is 1. The molecule has 0 radical (unpaired) electrons. The summed E-state index contributed by atoms with van der Waals surface area (Å²) in [5, 5.41) is 2.77. The van der Waals surface area contributed by atoms with Gasteiger partial charge >= 0.3 is 6.03 Å². The van der Waals surface area contributed by atoms with Gasteiger partial charge in [-0.2, -0.15) is 0 Å². The van der Waals surface area contributed by atoms with Crippen molar-refractivity contribution < 1.29 is 13.6 Å². The van der Waals surface area contributed by atoms with Gasteiger partial charge in [-0.3, -0.25) is 0 Å². The lowest BCUT2D eigenvalue weighted by Gasteiger charge is -2.21. The van der Waals surface area contributed by atoms with Crippen LogP contribution < -0.4 is 11.1 Å².